The normalized spacial score (nSPS) is 29.9. The highest BCUT2D eigenvalue weighted by Crippen LogP contribution is 2.35. The zero-order chi connectivity index (χ0) is 13.2. The minimum atomic E-state index is 0.591. The molecule has 0 bridgehead atoms. The molecule has 1 aromatic rings. The molecule has 3 heteroatoms. The predicted octanol–water partition coefficient (Wildman–Crippen LogP) is 3.69. The number of ether oxygens (including phenoxy) is 2. The van der Waals surface area contributed by atoms with Crippen molar-refractivity contribution in [1.82, 2.24) is 0 Å². The van der Waals surface area contributed by atoms with Gasteiger partial charge in [-0.1, -0.05) is 13.8 Å². The fourth-order valence-electron chi connectivity index (χ4n) is 3.05. The molecule has 1 aromatic carbocycles. The maximum atomic E-state index is 5.63. The SMILES string of the molecule is CC1CCC(Nc2ccc3c(c2)OCCO3)CC1C. The molecule has 0 saturated heterocycles. The summed E-state index contributed by atoms with van der Waals surface area (Å²) in [6.45, 7) is 6.03. The third-order valence-electron chi connectivity index (χ3n) is 4.51. The van der Waals surface area contributed by atoms with E-state index in [4.69, 9.17) is 9.47 Å². The Labute approximate surface area is 115 Å². The Morgan fingerprint density at radius 2 is 1.79 bits per heavy atom. The van der Waals surface area contributed by atoms with Crippen LogP contribution >= 0.6 is 0 Å². The molecule has 3 atom stereocenters. The molecule has 1 aliphatic carbocycles. The van der Waals surface area contributed by atoms with Crippen molar-refractivity contribution >= 4 is 5.69 Å². The van der Waals surface area contributed by atoms with Crippen molar-refractivity contribution < 1.29 is 9.47 Å². The molecule has 0 spiro atoms. The van der Waals surface area contributed by atoms with E-state index in [2.05, 4.69) is 31.3 Å². The van der Waals surface area contributed by atoms with E-state index in [0.717, 1.165) is 29.0 Å². The minimum absolute atomic E-state index is 0.591. The average Bonchev–Trinajstić information content (AvgIpc) is 2.43. The van der Waals surface area contributed by atoms with Crippen molar-refractivity contribution in [2.45, 2.75) is 39.2 Å². The number of fused-ring (bicyclic) bond motifs is 1. The topological polar surface area (TPSA) is 30.5 Å². The van der Waals surface area contributed by atoms with Gasteiger partial charge in [0.2, 0.25) is 0 Å². The first-order chi connectivity index (χ1) is 9.22. The van der Waals surface area contributed by atoms with Gasteiger partial charge < -0.3 is 14.8 Å². The third-order valence-corrected chi connectivity index (χ3v) is 4.51. The molecule has 2 aliphatic rings. The van der Waals surface area contributed by atoms with Gasteiger partial charge in [-0.2, -0.15) is 0 Å². The van der Waals surface area contributed by atoms with E-state index in [0.29, 0.717) is 19.3 Å². The molecular weight excluding hydrogens is 238 g/mol. The first-order valence-corrected chi connectivity index (χ1v) is 7.38. The van der Waals surface area contributed by atoms with Crippen LogP contribution in [0.5, 0.6) is 11.5 Å². The lowest BCUT2D eigenvalue weighted by Crippen LogP contribution is -2.30. The van der Waals surface area contributed by atoms with E-state index in [1.54, 1.807) is 0 Å². The first-order valence-electron chi connectivity index (χ1n) is 7.38. The van der Waals surface area contributed by atoms with Gasteiger partial charge in [-0.15, -0.1) is 0 Å². The number of nitrogens with one attached hydrogen (secondary N) is 1. The van der Waals surface area contributed by atoms with Crippen LogP contribution in [0.4, 0.5) is 5.69 Å². The molecule has 3 nitrogen and oxygen atoms in total. The molecular formula is C16H23NO2. The number of rotatable bonds is 2. The Morgan fingerprint density at radius 3 is 2.58 bits per heavy atom. The fourth-order valence-corrected chi connectivity index (χ4v) is 3.05. The van der Waals surface area contributed by atoms with Crippen molar-refractivity contribution in [2.75, 3.05) is 18.5 Å². The van der Waals surface area contributed by atoms with Gasteiger partial charge in [0, 0.05) is 17.8 Å². The quantitative estimate of drug-likeness (QED) is 0.880. The number of anilines is 1. The summed E-state index contributed by atoms with van der Waals surface area (Å²) in [6.07, 6.45) is 3.85. The van der Waals surface area contributed by atoms with Gasteiger partial charge in [-0.25, -0.2) is 0 Å². The summed E-state index contributed by atoms with van der Waals surface area (Å²) in [4.78, 5) is 0. The van der Waals surface area contributed by atoms with Crippen LogP contribution in [0.1, 0.15) is 33.1 Å². The van der Waals surface area contributed by atoms with Crippen molar-refractivity contribution in [3.63, 3.8) is 0 Å². The molecule has 0 amide bonds. The van der Waals surface area contributed by atoms with Crippen LogP contribution in [-0.4, -0.2) is 19.3 Å². The molecule has 3 unspecified atom stereocenters. The second kappa shape index (κ2) is 5.32. The van der Waals surface area contributed by atoms with Crippen LogP contribution in [0.3, 0.4) is 0 Å². The van der Waals surface area contributed by atoms with Gasteiger partial charge in [-0.3, -0.25) is 0 Å². The molecule has 1 aliphatic heterocycles. The Hall–Kier alpha value is -1.38. The lowest BCUT2D eigenvalue weighted by atomic mass is 9.79. The molecule has 1 saturated carbocycles. The van der Waals surface area contributed by atoms with Crippen LogP contribution in [0.25, 0.3) is 0 Å². The summed E-state index contributed by atoms with van der Waals surface area (Å²) in [5, 5.41) is 3.65. The van der Waals surface area contributed by atoms with E-state index in [1.165, 1.54) is 19.3 Å². The van der Waals surface area contributed by atoms with Crippen LogP contribution < -0.4 is 14.8 Å². The standard InChI is InChI=1S/C16H23NO2/c1-11-3-4-13(9-12(11)2)17-14-5-6-15-16(10-14)19-8-7-18-15/h5-6,10-13,17H,3-4,7-9H2,1-2H3. The number of benzene rings is 1. The Balaban J connectivity index is 1.66. The van der Waals surface area contributed by atoms with E-state index < -0.39 is 0 Å². The molecule has 0 aromatic heterocycles. The predicted molar refractivity (Wildman–Crippen MR) is 77.0 cm³/mol. The lowest BCUT2D eigenvalue weighted by molar-refractivity contribution is 0.171. The van der Waals surface area contributed by atoms with Crippen LogP contribution in [0, 0.1) is 11.8 Å². The van der Waals surface area contributed by atoms with Gasteiger partial charge in [0.25, 0.3) is 0 Å². The highest BCUT2D eigenvalue weighted by Gasteiger charge is 2.24. The number of hydrogen-bond donors (Lipinski definition) is 1. The summed E-state index contributed by atoms with van der Waals surface area (Å²) >= 11 is 0. The summed E-state index contributed by atoms with van der Waals surface area (Å²) in [5.41, 5.74) is 1.15. The highest BCUT2D eigenvalue weighted by atomic mass is 16.6. The smallest absolute Gasteiger partial charge is 0.163 e. The van der Waals surface area contributed by atoms with Crippen molar-refractivity contribution in [2.24, 2.45) is 11.8 Å². The maximum absolute atomic E-state index is 5.63. The van der Waals surface area contributed by atoms with E-state index >= 15 is 0 Å². The summed E-state index contributed by atoms with van der Waals surface area (Å²) < 4.78 is 11.2. The number of hydrogen-bond acceptors (Lipinski definition) is 3. The molecule has 0 radical (unpaired) electrons. The molecule has 1 N–H and O–H groups in total. The van der Waals surface area contributed by atoms with Crippen molar-refractivity contribution in [1.29, 1.82) is 0 Å². The fraction of sp³-hybridized carbons (Fsp3) is 0.625. The molecule has 1 fully saturated rings. The zero-order valence-corrected chi connectivity index (χ0v) is 11.8. The molecule has 19 heavy (non-hydrogen) atoms. The highest BCUT2D eigenvalue weighted by molar-refractivity contribution is 5.55. The minimum Gasteiger partial charge on any atom is -0.486 e. The van der Waals surface area contributed by atoms with Gasteiger partial charge >= 0.3 is 0 Å². The Kier molecular flexibility index (Phi) is 3.54. The van der Waals surface area contributed by atoms with Crippen LogP contribution in [0.15, 0.2) is 18.2 Å². The van der Waals surface area contributed by atoms with E-state index in [9.17, 15) is 0 Å². The maximum Gasteiger partial charge on any atom is 0.163 e. The average molecular weight is 261 g/mol. The van der Waals surface area contributed by atoms with E-state index in [-0.39, 0.29) is 0 Å². The summed E-state index contributed by atoms with van der Waals surface area (Å²) in [5.74, 6) is 3.40. The van der Waals surface area contributed by atoms with Crippen LogP contribution in [0.2, 0.25) is 0 Å². The molecule has 1 heterocycles. The second-order valence-corrected chi connectivity index (χ2v) is 5.97. The lowest BCUT2D eigenvalue weighted by Gasteiger charge is -2.33. The molecule has 104 valence electrons. The van der Waals surface area contributed by atoms with Gasteiger partial charge in [0.1, 0.15) is 13.2 Å². The van der Waals surface area contributed by atoms with Gasteiger partial charge in [0.15, 0.2) is 11.5 Å². The first kappa shape index (κ1) is 12.6. The third kappa shape index (κ3) is 2.80. The monoisotopic (exact) mass is 261 g/mol. The van der Waals surface area contributed by atoms with Gasteiger partial charge in [-0.05, 0) is 43.2 Å². The van der Waals surface area contributed by atoms with Crippen LogP contribution in [-0.2, 0) is 0 Å². The summed E-state index contributed by atoms with van der Waals surface area (Å²) in [7, 11) is 0. The van der Waals surface area contributed by atoms with Crippen molar-refractivity contribution in [3.05, 3.63) is 18.2 Å². The second-order valence-electron chi connectivity index (χ2n) is 5.97. The van der Waals surface area contributed by atoms with Gasteiger partial charge in [0.05, 0.1) is 0 Å². The largest absolute Gasteiger partial charge is 0.486 e. The summed E-state index contributed by atoms with van der Waals surface area (Å²) in [6, 6.07) is 6.76. The van der Waals surface area contributed by atoms with Crippen molar-refractivity contribution in [3.8, 4) is 11.5 Å². The van der Waals surface area contributed by atoms with E-state index in [1.807, 2.05) is 6.07 Å². The molecule has 3 rings (SSSR count). The Morgan fingerprint density at radius 1 is 1.00 bits per heavy atom. The zero-order valence-electron chi connectivity index (χ0n) is 11.8. The Bertz CT molecular complexity index is 446.